The minimum Gasteiger partial charge on any atom is -0.300 e. The lowest BCUT2D eigenvalue weighted by atomic mass is 10.00. The highest BCUT2D eigenvalue weighted by Crippen LogP contribution is 2.11. The number of carbonyl (C=O) groups is 1. The van der Waals surface area contributed by atoms with Gasteiger partial charge in [0.1, 0.15) is 5.78 Å². The third-order valence-corrected chi connectivity index (χ3v) is 2.38. The highest BCUT2D eigenvalue weighted by atomic mass is 32.2. The van der Waals surface area contributed by atoms with E-state index in [0.29, 0.717) is 11.7 Å². The number of Topliss-reactive ketones (excluding diaryl/α,β-unsaturated/α-hetero) is 1. The van der Waals surface area contributed by atoms with E-state index in [2.05, 4.69) is 13.2 Å². The third kappa shape index (κ3) is 3.94. The summed E-state index contributed by atoms with van der Waals surface area (Å²) < 4.78 is 0. The summed E-state index contributed by atoms with van der Waals surface area (Å²) in [5.41, 5.74) is 0. The first-order valence-corrected chi connectivity index (χ1v) is 5.11. The molecule has 0 spiro atoms. The van der Waals surface area contributed by atoms with Gasteiger partial charge in [-0.05, 0) is 31.8 Å². The van der Waals surface area contributed by atoms with Crippen molar-refractivity contribution in [2.45, 2.75) is 26.7 Å². The molecule has 0 aromatic heterocycles. The van der Waals surface area contributed by atoms with E-state index >= 15 is 0 Å². The normalized spacial score (nSPS) is 13.1. The number of ketones is 1. The van der Waals surface area contributed by atoms with E-state index in [1.165, 1.54) is 0 Å². The highest BCUT2D eigenvalue weighted by Gasteiger charge is 2.09. The van der Waals surface area contributed by atoms with E-state index in [0.717, 1.165) is 18.6 Å². The molecule has 0 aromatic rings. The van der Waals surface area contributed by atoms with Crippen LogP contribution in [0.25, 0.3) is 0 Å². The molecule has 0 heterocycles. The molecule has 60 valence electrons. The van der Waals surface area contributed by atoms with Crippen LogP contribution in [0.5, 0.6) is 0 Å². The Morgan fingerprint density at radius 3 is 2.50 bits per heavy atom. The van der Waals surface area contributed by atoms with Gasteiger partial charge in [0.2, 0.25) is 0 Å². The number of rotatable bonds is 5. The summed E-state index contributed by atoms with van der Waals surface area (Å²) in [4.78, 5) is 10.9. The van der Waals surface area contributed by atoms with Gasteiger partial charge in [-0.2, -0.15) is 11.8 Å². The lowest BCUT2D eigenvalue weighted by molar-refractivity contribution is -0.120. The predicted molar refractivity (Wildman–Crippen MR) is 47.5 cm³/mol. The van der Waals surface area contributed by atoms with E-state index in [1.54, 1.807) is 6.92 Å². The Morgan fingerprint density at radius 1 is 1.60 bits per heavy atom. The highest BCUT2D eigenvalue weighted by molar-refractivity contribution is 7.98. The van der Waals surface area contributed by atoms with Crippen LogP contribution in [0.1, 0.15) is 26.7 Å². The quantitative estimate of drug-likeness (QED) is 0.614. The van der Waals surface area contributed by atoms with Crippen molar-refractivity contribution in [2.75, 3.05) is 12.0 Å². The molecule has 0 aromatic carbocycles. The van der Waals surface area contributed by atoms with Gasteiger partial charge >= 0.3 is 0 Å². The maximum atomic E-state index is 10.9. The summed E-state index contributed by atoms with van der Waals surface area (Å²) in [6.07, 6.45) is 4.12. The summed E-state index contributed by atoms with van der Waals surface area (Å²) in [7, 11) is 0. The van der Waals surface area contributed by atoms with Crippen molar-refractivity contribution in [1.29, 1.82) is 0 Å². The average Bonchev–Trinajstić information content (AvgIpc) is 1.89. The minimum absolute atomic E-state index is 0.312. The first-order valence-electron chi connectivity index (χ1n) is 3.71. The molecule has 1 unspecified atom stereocenters. The van der Waals surface area contributed by atoms with Gasteiger partial charge < -0.3 is 0 Å². The smallest absolute Gasteiger partial charge is 0.132 e. The van der Waals surface area contributed by atoms with Crippen LogP contribution >= 0.6 is 11.8 Å². The Kier molecular flexibility index (Phi) is 5.79. The Morgan fingerprint density at radius 2 is 2.20 bits per heavy atom. The average molecular weight is 160 g/mol. The Hall–Kier alpha value is 0.0200. The molecule has 0 saturated heterocycles. The molecule has 0 fully saturated rings. The first-order chi connectivity index (χ1) is 4.72. The van der Waals surface area contributed by atoms with Crippen molar-refractivity contribution in [3.05, 3.63) is 0 Å². The van der Waals surface area contributed by atoms with Crippen LogP contribution in [0.2, 0.25) is 0 Å². The van der Waals surface area contributed by atoms with E-state index in [4.69, 9.17) is 0 Å². The van der Waals surface area contributed by atoms with Crippen LogP contribution in [-0.4, -0.2) is 17.8 Å². The van der Waals surface area contributed by atoms with Gasteiger partial charge in [-0.25, -0.2) is 0 Å². The second-order valence-electron chi connectivity index (χ2n) is 2.50. The maximum absolute atomic E-state index is 10.9. The molecule has 0 aliphatic carbocycles. The molecule has 2 heteroatoms. The summed E-state index contributed by atoms with van der Waals surface area (Å²) in [6, 6.07) is 0. The summed E-state index contributed by atoms with van der Waals surface area (Å²) in [5.74, 6) is 1.77. The van der Waals surface area contributed by atoms with Crippen molar-refractivity contribution in [3.63, 3.8) is 0 Å². The van der Waals surface area contributed by atoms with Crippen LogP contribution in [0.4, 0.5) is 0 Å². The van der Waals surface area contributed by atoms with E-state index in [1.807, 2.05) is 11.8 Å². The number of hydrogen-bond acceptors (Lipinski definition) is 2. The van der Waals surface area contributed by atoms with Crippen LogP contribution in [0, 0.1) is 5.92 Å². The van der Waals surface area contributed by atoms with Crippen LogP contribution in [-0.2, 0) is 4.79 Å². The Bertz CT molecular complexity index is 101. The van der Waals surface area contributed by atoms with Gasteiger partial charge in [0, 0.05) is 5.92 Å². The fourth-order valence-corrected chi connectivity index (χ4v) is 1.48. The van der Waals surface area contributed by atoms with Gasteiger partial charge in [-0.3, -0.25) is 4.79 Å². The largest absolute Gasteiger partial charge is 0.300 e. The predicted octanol–water partition coefficient (Wildman–Crippen LogP) is 2.35. The fourth-order valence-electron chi connectivity index (χ4n) is 0.955. The van der Waals surface area contributed by atoms with Crippen LogP contribution in [0.15, 0.2) is 0 Å². The molecule has 0 amide bonds. The Labute approximate surface area is 67.6 Å². The van der Waals surface area contributed by atoms with Crippen molar-refractivity contribution >= 4 is 17.5 Å². The molecule has 1 nitrogen and oxygen atoms in total. The zero-order valence-electron chi connectivity index (χ0n) is 7.02. The second kappa shape index (κ2) is 5.78. The topological polar surface area (TPSA) is 17.1 Å². The molecular weight excluding hydrogens is 144 g/mol. The van der Waals surface area contributed by atoms with E-state index in [-0.39, 0.29) is 0 Å². The molecule has 10 heavy (non-hydrogen) atoms. The van der Waals surface area contributed by atoms with Gasteiger partial charge in [-0.15, -0.1) is 0 Å². The molecule has 1 atom stereocenters. The zero-order valence-corrected chi connectivity index (χ0v) is 7.83. The zero-order chi connectivity index (χ0) is 7.98. The first kappa shape index (κ1) is 10.0. The Balaban J connectivity index is 3.50. The molecule has 0 rings (SSSR count). The SMILES string of the molecule is CCC(CCSC)C(C)=O. The van der Waals surface area contributed by atoms with Crippen molar-refractivity contribution in [1.82, 2.24) is 0 Å². The summed E-state index contributed by atoms with van der Waals surface area (Å²) >= 11 is 1.81. The summed E-state index contributed by atoms with van der Waals surface area (Å²) in [5, 5.41) is 0. The number of carbonyl (C=O) groups excluding carboxylic acids is 1. The minimum atomic E-state index is 0.312. The third-order valence-electron chi connectivity index (χ3n) is 1.74. The fraction of sp³-hybridized carbons (Fsp3) is 0.875. The van der Waals surface area contributed by atoms with Gasteiger partial charge in [0.05, 0.1) is 0 Å². The second-order valence-corrected chi connectivity index (χ2v) is 3.48. The van der Waals surface area contributed by atoms with Crippen molar-refractivity contribution < 1.29 is 4.79 Å². The molecular formula is C8H16OS. The standard InChI is InChI=1S/C8H16OS/c1-4-8(7(2)9)5-6-10-3/h8H,4-6H2,1-3H3. The molecule has 0 N–H and O–H groups in total. The van der Waals surface area contributed by atoms with Gasteiger partial charge in [-0.1, -0.05) is 6.92 Å². The van der Waals surface area contributed by atoms with Gasteiger partial charge in [0.15, 0.2) is 0 Å². The van der Waals surface area contributed by atoms with Gasteiger partial charge in [0.25, 0.3) is 0 Å². The monoisotopic (exact) mass is 160 g/mol. The van der Waals surface area contributed by atoms with E-state index < -0.39 is 0 Å². The molecule has 0 radical (unpaired) electrons. The van der Waals surface area contributed by atoms with Crippen molar-refractivity contribution in [3.8, 4) is 0 Å². The van der Waals surface area contributed by atoms with Crippen LogP contribution < -0.4 is 0 Å². The lowest BCUT2D eigenvalue weighted by Gasteiger charge is -2.08. The molecule has 0 aliphatic rings. The van der Waals surface area contributed by atoms with Crippen LogP contribution in [0.3, 0.4) is 0 Å². The maximum Gasteiger partial charge on any atom is 0.132 e. The summed E-state index contributed by atoms with van der Waals surface area (Å²) in [6.45, 7) is 3.76. The number of thioether (sulfide) groups is 1. The lowest BCUT2D eigenvalue weighted by Crippen LogP contribution is -2.10. The molecule has 0 saturated carbocycles. The van der Waals surface area contributed by atoms with Crippen molar-refractivity contribution in [2.24, 2.45) is 5.92 Å². The molecule has 0 bridgehead atoms. The number of hydrogen-bond donors (Lipinski definition) is 0. The molecule has 0 aliphatic heterocycles. The van der Waals surface area contributed by atoms with E-state index in [9.17, 15) is 4.79 Å².